The Labute approximate surface area is 119 Å². The zero-order valence-corrected chi connectivity index (χ0v) is 12.4. The molecule has 1 aromatic rings. The lowest BCUT2D eigenvalue weighted by molar-refractivity contribution is -0.126. The highest BCUT2D eigenvalue weighted by Gasteiger charge is 2.13. The molecule has 0 heterocycles. The molecule has 1 amide bonds. The lowest BCUT2D eigenvalue weighted by Crippen LogP contribution is -2.30. The van der Waals surface area contributed by atoms with E-state index in [0.29, 0.717) is 12.2 Å². The molecule has 6 nitrogen and oxygen atoms in total. The molecule has 1 aromatic carbocycles. The van der Waals surface area contributed by atoms with E-state index < -0.39 is 10.0 Å². The lowest BCUT2D eigenvalue weighted by Gasteiger charge is -2.15. The Balaban J connectivity index is 2.68. The van der Waals surface area contributed by atoms with Crippen LogP contribution in [-0.2, 0) is 19.6 Å². The van der Waals surface area contributed by atoms with Gasteiger partial charge in [-0.1, -0.05) is 19.1 Å². The number of hydrogen-bond donors (Lipinski definition) is 2. The summed E-state index contributed by atoms with van der Waals surface area (Å²) < 4.78 is 27.7. The molecular weight excluding hydrogens is 280 g/mol. The van der Waals surface area contributed by atoms with Gasteiger partial charge in [-0.3, -0.25) is 4.79 Å². The van der Waals surface area contributed by atoms with E-state index in [1.54, 1.807) is 19.1 Å². The smallest absolute Gasteiger partial charge is 0.246 e. The summed E-state index contributed by atoms with van der Waals surface area (Å²) >= 11 is 0. The molecule has 0 saturated carbocycles. The van der Waals surface area contributed by atoms with Crippen LogP contribution in [-0.4, -0.2) is 27.5 Å². The Kier molecular flexibility index (Phi) is 6.12. The summed E-state index contributed by atoms with van der Waals surface area (Å²) in [5.41, 5.74) is 0.667. The van der Waals surface area contributed by atoms with Gasteiger partial charge in [0.05, 0.1) is 10.9 Å². The number of rotatable bonds is 7. The van der Waals surface area contributed by atoms with Crippen molar-refractivity contribution in [2.24, 2.45) is 5.14 Å². The minimum atomic E-state index is -3.74. The number of nitrogens with one attached hydrogen (secondary N) is 1. The Hall–Kier alpha value is -1.44. The number of carbonyl (C=O) groups is 1. The average Bonchev–Trinajstić information content (AvgIpc) is 2.38. The summed E-state index contributed by atoms with van der Waals surface area (Å²) in [5.74, 6) is -0.244. The summed E-state index contributed by atoms with van der Waals surface area (Å²) in [6, 6.07) is 5.86. The van der Waals surface area contributed by atoms with Gasteiger partial charge in [-0.05, 0) is 31.0 Å². The van der Waals surface area contributed by atoms with Crippen LogP contribution in [0, 0.1) is 0 Å². The molecule has 7 heteroatoms. The second kappa shape index (κ2) is 7.37. The standard InChI is InChI=1S/C13H20N2O4S/c1-3-7-19-9-13(16)15-10(2)11-5-4-6-12(8-11)20(14,17)18/h4-6,8,10H,3,7,9H2,1-2H3,(H,15,16)(H2,14,17,18)/t10-/m0/s1. The molecule has 1 atom stereocenters. The number of hydrogen-bond acceptors (Lipinski definition) is 4. The van der Waals surface area contributed by atoms with Crippen LogP contribution in [0.4, 0.5) is 0 Å². The van der Waals surface area contributed by atoms with Gasteiger partial charge in [0, 0.05) is 6.61 Å². The van der Waals surface area contributed by atoms with E-state index >= 15 is 0 Å². The van der Waals surface area contributed by atoms with Crippen molar-refractivity contribution in [1.82, 2.24) is 5.32 Å². The summed E-state index contributed by atoms with van der Waals surface area (Å²) in [4.78, 5) is 11.6. The third-order valence-corrected chi connectivity index (χ3v) is 3.56. The molecule has 0 bridgehead atoms. The topological polar surface area (TPSA) is 98.5 Å². The summed E-state index contributed by atoms with van der Waals surface area (Å²) in [5, 5.41) is 7.81. The van der Waals surface area contributed by atoms with Crippen molar-refractivity contribution < 1.29 is 17.9 Å². The largest absolute Gasteiger partial charge is 0.372 e. The van der Waals surface area contributed by atoms with Gasteiger partial charge in [0.15, 0.2) is 0 Å². The van der Waals surface area contributed by atoms with Gasteiger partial charge < -0.3 is 10.1 Å². The number of nitrogens with two attached hydrogens (primary N) is 1. The van der Waals surface area contributed by atoms with Crippen LogP contribution in [0.1, 0.15) is 31.9 Å². The number of carbonyl (C=O) groups excluding carboxylic acids is 1. The van der Waals surface area contributed by atoms with Crippen molar-refractivity contribution in [2.45, 2.75) is 31.2 Å². The minimum Gasteiger partial charge on any atom is -0.372 e. The van der Waals surface area contributed by atoms with Crippen molar-refractivity contribution in [3.63, 3.8) is 0 Å². The quantitative estimate of drug-likeness (QED) is 0.732. The molecule has 0 aliphatic carbocycles. The third kappa shape index (κ3) is 5.28. The van der Waals surface area contributed by atoms with Gasteiger partial charge in [-0.2, -0.15) is 0 Å². The normalized spacial score (nSPS) is 12.9. The Morgan fingerprint density at radius 2 is 2.15 bits per heavy atom. The van der Waals surface area contributed by atoms with Crippen molar-refractivity contribution in [3.8, 4) is 0 Å². The van der Waals surface area contributed by atoms with Gasteiger partial charge in [-0.15, -0.1) is 0 Å². The van der Waals surface area contributed by atoms with Gasteiger partial charge in [0.1, 0.15) is 6.61 Å². The minimum absolute atomic E-state index is 0.00689. The highest BCUT2D eigenvalue weighted by atomic mass is 32.2. The van der Waals surface area contributed by atoms with E-state index in [4.69, 9.17) is 9.88 Å². The van der Waals surface area contributed by atoms with Crippen molar-refractivity contribution >= 4 is 15.9 Å². The molecule has 0 fully saturated rings. The molecule has 1 rings (SSSR count). The Morgan fingerprint density at radius 3 is 2.75 bits per heavy atom. The van der Waals surface area contributed by atoms with Crippen molar-refractivity contribution in [3.05, 3.63) is 29.8 Å². The zero-order chi connectivity index (χ0) is 15.2. The fourth-order valence-electron chi connectivity index (χ4n) is 1.64. The van der Waals surface area contributed by atoms with E-state index in [9.17, 15) is 13.2 Å². The van der Waals surface area contributed by atoms with Crippen LogP contribution in [0.25, 0.3) is 0 Å². The van der Waals surface area contributed by atoms with Crippen LogP contribution in [0.2, 0.25) is 0 Å². The molecule has 0 aromatic heterocycles. The van der Waals surface area contributed by atoms with E-state index in [1.807, 2.05) is 6.92 Å². The fraction of sp³-hybridized carbons (Fsp3) is 0.462. The molecule has 0 aliphatic heterocycles. The average molecular weight is 300 g/mol. The maximum Gasteiger partial charge on any atom is 0.246 e. The van der Waals surface area contributed by atoms with Gasteiger partial charge >= 0.3 is 0 Å². The van der Waals surface area contributed by atoms with E-state index in [1.165, 1.54) is 12.1 Å². The van der Waals surface area contributed by atoms with Crippen LogP contribution >= 0.6 is 0 Å². The molecule has 0 radical (unpaired) electrons. The molecule has 0 saturated heterocycles. The molecular formula is C13H20N2O4S. The van der Waals surface area contributed by atoms with E-state index in [2.05, 4.69) is 5.32 Å². The van der Waals surface area contributed by atoms with Crippen molar-refractivity contribution in [2.75, 3.05) is 13.2 Å². The van der Waals surface area contributed by atoms with Crippen LogP contribution in [0.15, 0.2) is 29.2 Å². The summed E-state index contributed by atoms with van der Waals surface area (Å²) in [6.45, 7) is 4.25. The predicted octanol–water partition coefficient (Wildman–Crippen LogP) is 0.938. The monoisotopic (exact) mass is 300 g/mol. The first-order chi connectivity index (χ1) is 9.34. The molecule has 20 heavy (non-hydrogen) atoms. The second-order valence-corrected chi connectivity index (χ2v) is 6.02. The van der Waals surface area contributed by atoms with Crippen LogP contribution < -0.4 is 10.5 Å². The highest BCUT2D eigenvalue weighted by Crippen LogP contribution is 2.16. The van der Waals surface area contributed by atoms with Crippen LogP contribution in [0.3, 0.4) is 0 Å². The molecule has 0 aliphatic rings. The van der Waals surface area contributed by atoms with Gasteiger partial charge in [0.2, 0.25) is 15.9 Å². The number of ether oxygens (including phenoxy) is 1. The first-order valence-electron chi connectivity index (χ1n) is 6.34. The number of amides is 1. The predicted molar refractivity (Wildman–Crippen MR) is 75.5 cm³/mol. The van der Waals surface area contributed by atoms with Gasteiger partial charge in [-0.25, -0.2) is 13.6 Å². The molecule has 0 unspecified atom stereocenters. The highest BCUT2D eigenvalue weighted by molar-refractivity contribution is 7.89. The first-order valence-corrected chi connectivity index (χ1v) is 7.89. The molecule has 112 valence electrons. The maximum atomic E-state index is 11.6. The van der Waals surface area contributed by atoms with Crippen LogP contribution in [0.5, 0.6) is 0 Å². The molecule has 3 N–H and O–H groups in total. The Morgan fingerprint density at radius 1 is 1.45 bits per heavy atom. The maximum absolute atomic E-state index is 11.6. The number of primary sulfonamides is 1. The third-order valence-electron chi connectivity index (χ3n) is 2.65. The zero-order valence-electron chi connectivity index (χ0n) is 11.6. The summed E-state index contributed by atoms with van der Waals surface area (Å²) in [6.07, 6.45) is 0.846. The van der Waals surface area contributed by atoms with Crippen molar-refractivity contribution in [1.29, 1.82) is 0 Å². The lowest BCUT2D eigenvalue weighted by atomic mass is 10.1. The fourth-order valence-corrected chi connectivity index (χ4v) is 2.21. The Bertz CT molecular complexity index is 557. The SMILES string of the molecule is CCCOCC(=O)N[C@@H](C)c1cccc(S(N)(=O)=O)c1. The molecule has 0 spiro atoms. The second-order valence-electron chi connectivity index (χ2n) is 4.46. The number of benzene rings is 1. The number of sulfonamides is 1. The van der Waals surface area contributed by atoms with Gasteiger partial charge in [0.25, 0.3) is 0 Å². The van der Waals surface area contributed by atoms with E-state index in [0.717, 1.165) is 6.42 Å². The summed E-state index contributed by atoms with van der Waals surface area (Å²) in [7, 11) is -3.74. The van der Waals surface area contributed by atoms with E-state index in [-0.39, 0.29) is 23.5 Å². The first kappa shape index (κ1) is 16.6.